The number of aliphatic hydroxyl groups is 2. The summed E-state index contributed by atoms with van der Waals surface area (Å²) in [6.45, 7) is -0.227. The van der Waals surface area contributed by atoms with E-state index in [-0.39, 0.29) is 37.7 Å². The summed E-state index contributed by atoms with van der Waals surface area (Å²) < 4.78 is 0. The predicted molar refractivity (Wildman–Crippen MR) is 42.9 cm³/mol. The van der Waals surface area contributed by atoms with Crippen molar-refractivity contribution < 1.29 is 41.3 Å². The summed E-state index contributed by atoms with van der Waals surface area (Å²) in [5.41, 5.74) is 0.925. The molecule has 0 heterocycles. The number of hydrogen-bond donors (Lipinski definition) is 2. The zero-order valence-electron chi connectivity index (χ0n) is 6.64. The van der Waals surface area contributed by atoms with Gasteiger partial charge in [-0.3, -0.25) is 0 Å². The third kappa shape index (κ3) is 4.18. The molecule has 2 nitrogen and oxygen atoms in total. The van der Waals surface area contributed by atoms with Gasteiger partial charge in [0, 0.05) is 31.1 Å². The van der Waals surface area contributed by atoms with Gasteiger partial charge < -0.3 is 10.2 Å². The zero-order chi connectivity index (χ0) is 8.10. The molecule has 0 aliphatic rings. The van der Waals surface area contributed by atoms with E-state index in [4.69, 9.17) is 10.2 Å². The molecule has 3 heteroatoms. The molecule has 0 aliphatic heterocycles. The van der Waals surface area contributed by atoms with E-state index in [1.54, 1.807) is 6.42 Å². The molecule has 0 radical (unpaired) electrons. The summed E-state index contributed by atoms with van der Waals surface area (Å²) in [6.07, 6.45) is 0.859. The summed E-state index contributed by atoms with van der Waals surface area (Å²) in [5, 5.41) is 17.5. The standard InChI is InChI=1S/C9H11O2.U/c10-7-9(11)6-8-4-2-1-3-5-8;/h1-6,9-11H,7H2;/q-1;. The van der Waals surface area contributed by atoms with Crippen LogP contribution in [0, 0.1) is 37.5 Å². The van der Waals surface area contributed by atoms with Gasteiger partial charge in [0.1, 0.15) is 0 Å². The first kappa shape index (κ1) is 12.1. The minimum Gasteiger partial charge on any atom is -0.399 e. The second-order valence-electron chi connectivity index (χ2n) is 2.33. The molecule has 0 saturated heterocycles. The Kier molecular flexibility index (Phi) is 6.60. The van der Waals surface area contributed by atoms with Gasteiger partial charge >= 0.3 is 0 Å². The molecular formula is C9H11O2U-. The van der Waals surface area contributed by atoms with Crippen LogP contribution in [0.15, 0.2) is 30.3 Å². The molecule has 0 amide bonds. The van der Waals surface area contributed by atoms with E-state index in [1.165, 1.54) is 0 Å². The van der Waals surface area contributed by atoms with Crippen molar-refractivity contribution in [3.8, 4) is 0 Å². The maximum atomic E-state index is 9.01. The Hall–Kier alpha value is 0.0619. The Morgan fingerprint density at radius 2 is 1.83 bits per heavy atom. The van der Waals surface area contributed by atoms with Crippen LogP contribution in [0.1, 0.15) is 5.56 Å². The van der Waals surface area contributed by atoms with Crippen LogP contribution in [-0.2, 0) is 0 Å². The van der Waals surface area contributed by atoms with Crippen LogP contribution in [0.2, 0.25) is 0 Å². The van der Waals surface area contributed by atoms with Crippen molar-refractivity contribution in [2.75, 3.05) is 6.61 Å². The molecule has 0 saturated carbocycles. The molecule has 1 rings (SSSR count). The molecule has 0 spiro atoms. The van der Waals surface area contributed by atoms with Crippen molar-refractivity contribution in [3.05, 3.63) is 42.3 Å². The second-order valence-corrected chi connectivity index (χ2v) is 2.33. The van der Waals surface area contributed by atoms with Gasteiger partial charge in [0.15, 0.2) is 0 Å². The van der Waals surface area contributed by atoms with Gasteiger partial charge in [0.25, 0.3) is 0 Å². The Labute approximate surface area is 96.0 Å². The van der Waals surface area contributed by atoms with Gasteiger partial charge in [-0.05, 0) is 0 Å². The van der Waals surface area contributed by atoms with Crippen molar-refractivity contribution in [1.29, 1.82) is 0 Å². The topological polar surface area (TPSA) is 40.5 Å². The maximum Gasteiger partial charge on any atom is 0.0619 e. The normalized spacial score (nSPS) is 11.5. The van der Waals surface area contributed by atoms with E-state index in [2.05, 4.69) is 0 Å². The number of aliphatic hydroxyl groups excluding tert-OH is 2. The summed E-state index contributed by atoms with van der Waals surface area (Å²) in [4.78, 5) is 0. The number of rotatable bonds is 3. The van der Waals surface area contributed by atoms with Crippen LogP contribution >= 0.6 is 0 Å². The third-order valence-corrected chi connectivity index (χ3v) is 1.37. The second kappa shape index (κ2) is 6.56. The largest absolute Gasteiger partial charge is 0.399 e. The average Bonchev–Trinajstić information content (AvgIpc) is 2.06. The van der Waals surface area contributed by atoms with E-state index in [0.717, 1.165) is 5.56 Å². The molecule has 1 unspecified atom stereocenters. The average molecular weight is 389 g/mol. The smallest absolute Gasteiger partial charge is 0.0619 e. The first-order valence-corrected chi connectivity index (χ1v) is 3.52. The SMILES string of the molecule is OCC(O)[CH-]c1ccccc1.[U]. The van der Waals surface area contributed by atoms with Gasteiger partial charge in [0.05, 0.1) is 12.7 Å². The van der Waals surface area contributed by atoms with Crippen molar-refractivity contribution in [2.45, 2.75) is 6.10 Å². The summed E-state index contributed by atoms with van der Waals surface area (Å²) in [5.74, 6) is 0. The fourth-order valence-electron chi connectivity index (χ4n) is 0.839. The Bertz CT molecular complexity index is 201. The fourth-order valence-corrected chi connectivity index (χ4v) is 0.839. The first-order chi connectivity index (χ1) is 5.33. The zero-order valence-corrected chi connectivity index (χ0v) is 10.8. The van der Waals surface area contributed by atoms with Crippen molar-refractivity contribution in [3.63, 3.8) is 0 Å². The van der Waals surface area contributed by atoms with Crippen molar-refractivity contribution >= 4 is 0 Å². The molecular weight excluding hydrogens is 378 g/mol. The molecule has 2 N–H and O–H groups in total. The van der Waals surface area contributed by atoms with E-state index in [1.807, 2.05) is 30.3 Å². The molecule has 0 aliphatic carbocycles. The molecule has 1 aromatic carbocycles. The fraction of sp³-hybridized carbons (Fsp3) is 0.222. The third-order valence-electron chi connectivity index (χ3n) is 1.37. The minimum atomic E-state index is -0.752. The Morgan fingerprint density at radius 1 is 1.25 bits per heavy atom. The summed E-state index contributed by atoms with van der Waals surface area (Å²) >= 11 is 0. The molecule has 0 bridgehead atoms. The van der Waals surface area contributed by atoms with Crippen LogP contribution in [0.5, 0.6) is 0 Å². The van der Waals surface area contributed by atoms with Crippen LogP contribution in [0.25, 0.3) is 0 Å². The van der Waals surface area contributed by atoms with Crippen LogP contribution < -0.4 is 0 Å². The van der Waals surface area contributed by atoms with E-state index >= 15 is 0 Å². The van der Waals surface area contributed by atoms with Crippen molar-refractivity contribution in [2.24, 2.45) is 0 Å². The molecule has 0 aromatic heterocycles. The van der Waals surface area contributed by atoms with Crippen LogP contribution in [-0.4, -0.2) is 22.9 Å². The van der Waals surface area contributed by atoms with Crippen LogP contribution in [0.3, 0.4) is 0 Å². The van der Waals surface area contributed by atoms with Gasteiger partial charge in [-0.15, -0.1) is 12.1 Å². The molecule has 1 aromatic rings. The molecule has 12 heavy (non-hydrogen) atoms. The number of benzene rings is 1. The van der Waals surface area contributed by atoms with Crippen molar-refractivity contribution in [1.82, 2.24) is 0 Å². The van der Waals surface area contributed by atoms with Gasteiger partial charge in [-0.2, -0.15) is 24.1 Å². The van der Waals surface area contributed by atoms with E-state index < -0.39 is 6.10 Å². The number of hydrogen-bond acceptors (Lipinski definition) is 2. The first-order valence-electron chi connectivity index (χ1n) is 3.52. The Balaban J connectivity index is 0.00000121. The van der Waals surface area contributed by atoms with Gasteiger partial charge in [0.2, 0.25) is 0 Å². The monoisotopic (exact) mass is 389 g/mol. The Morgan fingerprint density at radius 3 is 2.33 bits per heavy atom. The summed E-state index contributed by atoms with van der Waals surface area (Å²) in [7, 11) is 0. The molecule has 0 fully saturated rings. The van der Waals surface area contributed by atoms with Crippen LogP contribution in [0.4, 0.5) is 0 Å². The van der Waals surface area contributed by atoms with Gasteiger partial charge in [-0.25, -0.2) is 0 Å². The maximum absolute atomic E-state index is 9.01. The van der Waals surface area contributed by atoms with E-state index in [0.29, 0.717) is 0 Å². The predicted octanol–water partition coefficient (Wildman–Crippen LogP) is 0.592. The molecule has 1 atom stereocenters. The molecule has 64 valence electrons. The minimum absolute atomic E-state index is 0. The summed E-state index contributed by atoms with van der Waals surface area (Å²) in [6, 6.07) is 9.42. The quantitative estimate of drug-likeness (QED) is 0.744. The van der Waals surface area contributed by atoms with Gasteiger partial charge in [-0.1, -0.05) is 6.07 Å². The van der Waals surface area contributed by atoms with E-state index in [9.17, 15) is 0 Å².